The Bertz CT molecular complexity index is 1270. The van der Waals surface area contributed by atoms with E-state index in [1.54, 1.807) is 7.11 Å². The minimum atomic E-state index is 0.719. The first-order valence-corrected chi connectivity index (χ1v) is 10.2. The number of fused-ring (bicyclic) bond motifs is 2. The molecular formula is C28H23NO. The van der Waals surface area contributed by atoms with Crippen molar-refractivity contribution in [3.05, 3.63) is 109 Å². The molecule has 0 amide bonds. The molecule has 0 unspecified atom stereocenters. The Morgan fingerprint density at radius 2 is 1.27 bits per heavy atom. The summed E-state index contributed by atoms with van der Waals surface area (Å²) in [6, 6.07) is 36.2. The van der Waals surface area contributed by atoms with Gasteiger partial charge in [-0.3, -0.25) is 0 Å². The predicted molar refractivity (Wildman–Crippen MR) is 127 cm³/mol. The van der Waals surface area contributed by atoms with E-state index in [1.807, 2.05) is 12.1 Å². The molecule has 0 saturated heterocycles. The zero-order valence-corrected chi connectivity index (χ0v) is 16.9. The maximum absolute atomic E-state index is 5.64. The molecule has 2 heteroatoms. The Balaban J connectivity index is 1.57. The molecule has 30 heavy (non-hydrogen) atoms. The number of nitrogens with one attached hydrogen (secondary N) is 1. The van der Waals surface area contributed by atoms with Crippen molar-refractivity contribution >= 4 is 27.2 Å². The summed E-state index contributed by atoms with van der Waals surface area (Å²) in [7, 11) is 1.72. The molecule has 0 aromatic heterocycles. The molecule has 0 spiro atoms. The van der Waals surface area contributed by atoms with Gasteiger partial charge < -0.3 is 10.1 Å². The summed E-state index contributed by atoms with van der Waals surface area (Å²) in [6.07, 6.45) is 0. The van der Waals surface area contributed by atoms with Crippen LogP contribution in [0.3, 0.4) is 0 Å². The summed E-state index contributed by atoms with van der Waals surface area (Å²) < 4.78 is 5.64. The minimum Gasteiger partial charge on any atom is -0.495 e. The van der Waals surface area contributed by atoms with E-state index in [0.717, 1.165) is 18.0 Å². The van der Waals surface area contributed by atoms with Crippen molar-refractivity contribution in [2.24, 2.45) is 0 Å². The van der Waals surface area contributed by atoms with Gasteiger partial charge >= 0.3 is 0 Å². The molecule has 0 aliphatic rings. The number of ether oxygens (including phenoxy) is 1. The molecular weight excluding hydrogens is 366 g/mol. The average Bonchev–Trinajstić information content (AvgIpc) is 2.82. The van der Waals surface area contributed by atoms with Gasteiger partial charge in [-0.25, -0.2) is 0 Å². The number of methoxy groups -OCH3 is 1. The fraction of sp³-hybridized carbons (Fsp3) is 0.0714. The lowest BCUT2D eigenvalue weighted by Crippen LogP contribution is -2.03. The van der Waals surface area contributed by atoms with Crippen LogP contribution in [0.1, 0.15) is 5.56 Å². The highest BCUT2D eigenvalue weighted by molar-refractivity contribution is 6.02. The second-order valence-corrected chi connectivity index (χ2v) is 7.43. The Labute approximate surface area is 176 Å². The zero-order chi connectivity index (χ0) is 20.3. The molecule has 146 valence electrons. The van der Waals surface area contributed by atoms with Crippen LogP contribution in [-0.2, 0) is 6.54 Å². The molecule has 0 bridgehead atoms. The van der Waals surface area contributed by atoms with Gasteiger partial charge in [0.1, 0.15) is 5.75 Å². The number of benzene rings is 5. The predicted octanol–water partition coefficient (Wildman–Crippen LogP) is 7.28. The Morgan fingerprint density at radius 3 is 1.93 bits per heavy atom. The van der Waals surface area contributed by atoms with Crippen LogP contribution in [0.4, 0.5) is 5.69 Å². The maximum Gasteiger partial charge on any atom is 0.141 e. The standard InChI is InChI=1S/C28H23NO/c1-30-28-16-15-21(20-9-3-2-4-10-20)18-27(28)29-19-26-24-13-7-5-11-22(24)17-23-12-6-8-14-25(23)26/h2-18,29H,19H2,1H3. The smallest absolute Gasteiger partial charge is 0.141 e. The maximum atomic E-state index is 5.64. The second kappa shape index (κ2) is 7.92. The molecule has 0 aliphatic carbocycles. The molecule has 5 rings (SSSR count). The number of anilines is 1. The number of hydrogen-bond donors (Lipinski definition) is 1. The third kappa shape index (κ3) is 3.37. The number of hydrogen-bond acceptors (Lipinski definition) is 2. The first kappa shape index (κ1) is 18.3. The van der Waals surface area contributed by atoms with Crippen molar-refractivity contribution < 1.29 is 4.74 Å². The first-order chi connectivity index (χ1) is 14.8. The Hall–Kier alpha value is -3.78. The number of rotatable bonds is 5. The highest BCUT2D eigenvalue weighted by atomic mass is 16.5. The van der Waals surface area contributed by atoms with E-state index in [1.165, 1.54) is 38.2 Å². The van der Waals surface area contributed by atoms with Gasteiger partial charge in [0.2, 0.25) is 0 Å². The van der Waals surface area contributed by atoms with E-state index in [4.69, 9.17) is 4.74 Å². The summed E-state index contributed by atoms with van der Waals surface area (Å²) in [5.74, 6) is 0.847. The van der Waals surface area contributed by atoms with Gasteiger partial charge in [-0.05, 0) is 56.4 Å². The summed E-state index contributed by atoms with van der Waals surface area (Å²) in [4.78, 5) is 0. The lowest BCUT2D eigenvalue weighted by Gasteiger charge is -2.16. The van der Waals surface area contributed by atoms with Crippen LogP contribution < -0.4 is 10.1 Å². The van der Waals surface area contributed by atoms with Gasteiger partial charge in [-0.15, -0.1) is 0 Å². The van der Waals surface area contributed by atoms with Crippen LogP contribution in [-0.4, -0.2) is 7.11 Å². The highest BCUT2D eigenvalue weighted by Gasteiger charge is 2.10. The zero-order valence-electron chi connectivity index (χ0n) is 16.9. The molecule has 1 N–H and O–H groups in total. The third-order valence-electron chi connectivity index (χ3n) is 5.65. The largest absolute Gasteiger partial charge is 0.495 e. The summed E-state index contributed by atoms with van der Waals surface area (Å²) >= 11 is 0. The van der Waals surface area contributed by atoms with Crippen molar-refractivity contribution in [2.45, 2.75) is 6.54 Å². The lowest BCUT2D eigenvalue weighted by molar-refractivity contribution is 0.416. The first-order valence-electron chi connectivity index (χ1n) is 10.2. The van der Waals surface area contributed by atoms with Crippen molar-refractivity contribution in [3.8, 4) is 16.9 Å². The van der Waals surface area contributed by atoms with E-state index in [0.29, 0.717) is 0 Å². The molecule has 0 aliphatic heterocycles. The van der Waals surface area contributed by atoms with Crippen LogP contribution in [0.15, 0.2) is 103 Å². The van der Waals surface area contributed by atoms with Crippen LogP contribution in [0.5, 0.6) is 5.75 Å². The lowest BCUT2D eigenvalue weighted by atomic mass is 9.96. The van der Waals surface area contributed by atoms with E-state index >= 15 is 0 Å². The molecule has 5 aromatic rings. The van der Waals surface area contributed by atoms with E-state index in [-0.39, 0.29) is 0 Å². The van der Waals surface area contributed by atoms with Gasteiger partial charge in [0.15, 0.2) is 0 Å². The van der Waals surface area contributed by atoms with Crippen molar-refractivity contribution in [2.75, 3.05) is 12.4 Å². The fourth-order valence-electron chi connectivity index (χ4n) is 4.14. The fourth-order valence-corrected chi connectivity index (χ4v) is 4.14. The van der Waals surface area contributed by atoms with Gasteiger partial charge in [-0.2, -0.15) is 0 Å². The molecule has 0 heterocycles. The second-order valence-electron chi connectivity index (χ2n) is 7.43. The Morgan fingerprint density at radius 1 is 0.633 bits per heavy atom. The Kier molecular flexibility index (Phi) is 4.82. The van der Waals surface area contributed by atoms with Crippen LogP contribution in [0, 0.1) is 0 Å². The van der Waals surface area contributed by atoms with Gasteiger partial charge in [-0.1, -0.05) is 84.9 Å². The normalized spacial score (nSPS) is 11.0. The average molecular weight is 389 g/mol. The minimum absolute atomic E-state index is 0.719. The van der Waals surface area contributed by atoms with E-state index < -0.39 is 0 Å². The monoisotopic (exact) mass is 389 g/mol. The summed E-state index contributed by atoms with van der Waals surface area (Å²) in [5, 5.41) is 8.73. The topological polar surface area (TPSA) is 21.3 Å². The summed E-state index contributed by atoms with van der Waals surface area (Å²) in [6.45, 7) is 0.719. The quantitative estimate of drug-likeness (QED) is 0.319. The molecule has 2 nitrogen and oxygen atoms in total. The van der Waals surface area contributed by atoms with Crippen molar-refractivity contribution in [1.82, 2.24) is 0 Å². The molecule has 0 fully saturated rings. The summed E-state index contributed by atoms with van der Waals surface area (Å²) in [5.41, 5.74) is 4.66. The molecule has 5 aromatic carbocycles. The van der Waals surface area contributed by atoms with Crippen LogP contribution in [0.2, 0.25) is 0 Å². The molecule has 0 radical (unpaired) electrons. The SMILES string of the molecule is COc1ccc(-c2ccccc2)cc1NCc1c2ccccc2cc2ccccc12. The highest BCUT2D eigenvalue weighted by Crippen LogP contribution is 2.33. The molecule has 0 saturated carbocycles. The third-order valence-corrected chi connectivity index (χ3v) is 5.65. The van der Waals surface area contributed by atoms with Gasteiger partial charge in [0.05, 0.1) is 12.8 Å². The van der Waals surface area contributed by atoms with Gasteiger partial charge in [0.25, 0.3) is 0 Å². The van der Waals surface area contributed by atoms with Crippen molar-refractivity contribution in [1.29, 1.82) is 0 Å². The van der Waals surface area contributed by atoms with E-state index in [2.05, 4.69) is 96.3 Å². The van der Waals surface area contributed by atoms with Crippen LogP contribution in [0.25, 0.3) is 32.7 Å². The van der Waals surface area contributed by atoms with Crippen LogP contribution >= 0.6 is 0 Å². The van der Waals surface area contributed by atoms with E-state index in [9.17, 15) is 0 Å². The van der Waals surface area contributed by atoms with Crippen molar-refractivity contribution in [3.63, 3.8) is 0 Å². The molecule has 0 atom stereocenters. The van der Waals surface area contributed by atoms with Gasteiger partial charge in [0, 0.05) is 6.54 Å².